The molecule has 16 nitrogen and oxygen atoms in total. The summed E-state index contributed by atoms with van der Waals surface area (Å²) in [6.07, 6.45) is 3.67. The predicted molar refractivity (Wildman–Crippen MR) is 191 cm³/mol. The van der Waals surface area contributed by atoms with Gasteiger partial charge in [-0.15, -0.1) is 0 Å². The van der Waals surface area contributed by atoms with E-state index in [0.29, 0.717) is 46.8 Å². The van der Waals surface area contributed by atoms with E-state index in [2.05, 4.69) is 20.9 Å². The zero-order chi connectivity index (χ0) is 37.5. The van der Waals surface area contributed by atoms with E-state index in [0.717, 1.165) is 23.1 Å². The molecule has 0 radical (unpaired) electrons. The van der Waals surface area contributed by atoms with E-state index in [1.165, 1.54) is 18.2 Å². The molecule has 276 valence electrons. The number of ether oxygens (including phenoxy) is 2. The highest BCUT2D eigenvalue weighted by Crippen LogP contribution is 2.34. The molecule has 4 heterocycles. The van der Waals surface area contributed by atoms with Gasteiger partial charge in [0.25, 0.3) is 17.7 Å². The normalized spacial score (nSPS) is 22.2. The van der Waals surface area contributed by atoms with Crippen LogP contribution in [0.15, 0.2) is 60.8 Å². The minimum absolute atomic E-state index is 0.00203. The lowest BCUT2D eigenvalue weighted by atomic mass is 9.79. The topological polar surface area (TPSA) is 219 Å². The molecular weight excluding hydrogens is 699 g/mol. The average molecular weight is 735 g/mol. The van der Waals surface area contributed by atoms with E-state index in [1.54, 1.807) is 24.4 Å². The van der Waals surface area contributed by atoms with Crippen LogP contribution in [-0.4, -0.2) is 93.1 Å². The summed E-state index contributed by atoms with van der Waals surface area (Å²) in [5.74, 6) is -2.22. The monoisotopic (exact) mass is 734 g/mol. The summed E-state index contributed by atoms with van der Waals surface area (Å²) in [5, 5.41) is 29.5. The summed E-state index contributed by atoms with van der Waals surface area (Å²) in [6, 6.07) is 14.2. The second kappa shape index (κ2) is 14.5. The number of aliphatic hydroxyl groups excluding tert-OH is 1. The maximum absolute atomic E-state index is 13.3. The number of nitrogens with zero attached hydrogens (tertiary/aromatic N) is 3. The largest absolute Gasteiger partial charge is 0.492 e. The van der Waals surface area contributed by atoms with Crippen molar-refractivity contribution in [2.75, 3.05) is 18.5 Å². The van der Waals surface area contributed by atoms with Gasteiger partial charge in [-0.05, 0) is 73.5 Å². The van der Waals surface area contributed by atoms with Crippen LogP contribution in [0.3, 0.4) is 0 Å². The number of anilines is 2. The minimum Gasteiger partial charge on any atom is -0.488 e. The molecule has 0 bridgehead atoms. The van der Waals surface area contributed by atoms with Crippen molar-refractivity contribution in [2.24, 2.45) is 0 Å². The molecule has 0 spiro atoms. The fraction of sp³-hybridized carbons (Fsp3) is 0.324. The third kappa shape index (κ3) is 6.84. The molecule has 17 heteroatoms. The van der Waals surface area contributed by atoms with Gasteiger partial charge >= 0.3 is 7.12 Å². The van der Waals surface area contributed by atoms with Crippen LogP contribution in [0.25, 0.3) is 10.9 Å². The van der Waals surface area contributed by atoms with Crippen LogP contribution in [0, 0.1) is 0 Å². The third-order valence-corrected chi connectivity index (χ3v) is 10.0. The molecule has 5 N–H and O–H groups in total. The Bertz CT molecular complexity index is 2190. The molecule has 2 fully saturated rings. The molecule has 2 unspecified atom stereocenters. The summed E-state index contributed by atoms with van der Waals surface area (Å²) in [6.45, 7) is -0.493. The number of piperidine rings is 1. The Hall–Kier alpha value is -5.91. The van der Waals surface area contributed by atoms with Gasteiger partial charge in [0.2, 0.25) is 17.8 Å². The number of benzene rings is 3. The second-order valence-corrected chi connectivity index (χ2v) is 13.6. The number of aliphatic hydroxyl groups is 1. The lowest BCUT2D eigenvalue weighted by Gasteiger charge is -2.27. The fourth-order valence-electron chi connectivity index (χ4n) is 7.28. The van der Waals surface area contributed by atoms with Gasteiger partial charge in [0, 0.05) is 30.2 Å². The lowest BCUT2D eigenvalue weighted by molar-refractivity contribution is -0.136. The van der Waals surface area contributed by atoms with Crippen molar-refractivity contribution in [1.29, 1.82) is 0 Å². The number of rotatable bonds is 10. The van der Waals surface area contributed by atoms with Gasteiger partial charge in [0.1, 0.15) is 23.1 Å². The van der Waals surface area contributed by atoms with Crippen molar-refractivity contribution >= 4 is 64.7 Å². The van der Waals surface area contributed by atoms with Gasteiger partial charge in [-0.25, -0.2) is 9.97 Å². The molecule has 3 aromatic carbocycles. The number of carbonyl (C=O) groups is 5. The molecule has 1 aromatic heterocycles. The maximum Gasteiger partial charge on any atom is 0.492 e. The summed E-state index contributed by atoms with van der Waals surface area (Å²) in [4.78, 5) is 73.2. The smallest absolute Gasteiger partial charge is 0.488 e. The molecule has 8 rings (SSSR count). The van der Waals surface area contributed by atoms with Gasteiger partial charge < -0.3 is 34.9 Å². The van der Waals surface area contributed by atoms with Gasteiger partial charge in [0.05, 0.1) is 29.4 Å². The molecular formula is C37H35BN6O10. The second-order valence-electron chi connectivity index (χ2n) is 13.6. The van der Waals surface area contributed by atoms with Crippen molar-refractivity contribution in [2.45, 2.75) is 62.9 Å². The Balaban J connectivity index is 0.886. The first-order valence-electron chi connectivity index (χ1n) is 17.7. The highest BCUT2D eigenvalue weighted by molar-refractivity contribution is 6.62. The number of nitrogens with one attached hydrogen (secondary N) is 3. The highest BCUT2D eigenvalue weighted by atomic mass is 16.5. The van der Waals surface area contributed by atoms with Crippen molar-refractivity contribution < 1.29 is 48.2 Å². The fourth-order valence-corrected chi connectivity index (χ4v) is 7.28. The Morgan fingerprint density at radius 1 is 1.00 bits per heavy atom. The average Bonchev–Trinajstić information content (AvgIpc) is 3.62. The number of imide groups is 2. The van der Waals surface area contributed by atoms with Crippen LogP contribution in [0.5, 0.6) is 11.5 Å². The van der Waals surface area contributed by atoms with E-state index in [1.807, 2.05) is 18.2 Å². The van der Waals surface area contributed by atoms with E-state index in [4.69, 9.17) is 19.1 Å². The predicted octanol–water partition coefficient (Wildman–Crippen LogP) is 1.41. The number of aromatic nitrogens is 2. The molecule has 1 saturated heterocycles. The quantitative estimate of drug-likeness (QED) is 0.115. The Kier molecular flexibility index (Phi) is 9.43. The maximum atomic E-state index is 13.3. The molecule has 4 aromatic rings. The summed E-state index contributed by atoms with van der Waals surface area (Å²) in [7, 11) is -1.26. The summed E-state index contributed by atoms with van der Waals surface area (Å²) >= 11 is 0. The highest BCUT2D eigenvalue weighted by Gasteiger charge is 2.46. The van der Waals surface area contributed by atoms with Crippen LogP contribution in [-0.2, 0) is 19.0 Å². The van der Waals surface area contributed by atoms with Crippen molar-refractivity contribution in [3.63, 3.8) is 0 Å². The number of hydrogen-bond donors (Lipinski definition) is 5. The van der Waals surface area contributed by atoms with Gasteiger partial charge in [-0.3, -0.25) is 34.2 Å². The molecule has 5 amide bonds. The molecule has 2 atom stereocenters. The molecule has 4 aliphatic rings. The number of carbonyl (C=O) groups excluding carboxylic acids is 5. The summed E-state index contributed by atoms with van der Waals surface area (Å²) in [5.41, 5.74) is 2.39. The molecule has 3 aliphatic heterocycles. The van der Waals surface area contributed by atoms with E-state index < -0.39 is 55.4 Å². The van der Waals surface area contributed by atoms with Crippen molar-refractivity contribution in [3.8, 4) is 11.5 Å². The van der Waals surface area contributed by atoms with Crippen molar-refractivity contribution in [3.05, 3.63) is 77.5 Å². The van der Waals surface area contributed by atoms with Gasteiger partial charge in [-0.1, -0.05) is 24.3 Å². The van der Waals surface area contributed by atoms with Crippen LogP contribution in [0.4, 0.5) is 11.6 Å². The van der Waals surface area contributed by atoms with E-state index in [9.17, 15) is 34.1 Å². The Morgan fingerprint density at radius 3 is 2.61 bits per heavy atom. The number of amides is 5. The first kappa shape index (κ1) is 35.1. The van der Waals surface area contributed by atoms with E-state index >= 15 is 0 Å². The first-order valence-corrected chi connectivity index (χ1v) is 17.7. The zero-order valence-electron chi connectivity index (χ0n) is 28.8. The minimum atomic E-state index is -1.26. The lowest BCUT2D eigenvalue weighted by Crippen LogP contribution is -2.54. The van der Waals surface area contributed by atoms with Gasteiger partial charge in [-0.2, -0.15) is 0 Å². The van der Waals surface area contributed by atoms with Crippen LogP contribution in [0.1, 0.15) is 70.9 Å². The van der Waals surface area contributed by atoms with Crippen LogP contribution in [0.2, 0.25) is 0 Å². The number of hydrogen-bond acceptors (Lipinski definition) is 13. The Labute approximate surface area is 308 Å². The van der Waals surface area contributed by atoms with Crippen LogP contribution < -0.4 is 30.9 Å². The Morgan fingerprint density at radius 2 is 1.80 bits per heavy atom. The first-order chi connectivity index (χ1) is 26.1. The SMILES string of the molecule is O=C(COc1cccc2c1C(=O)N(C1CCC(=O)NC1=O)C2=O)NCC1OB(O)c2cc(Nc3ncc4cccc(OC5CCC(O)CC5)c4n3)ccc21. The molecule has 1 saturated carbocycles. The van der Waals surface area contributed by atoms with Crippen molar-refractivity contribution in [1.82, 2.24) is 25.5 Å². The number of fused-ring (bicyclic) bond motifs is 3. The third-order valence-electron chi connectivity index (χ3n) is 10.0. The molecule has 54 heavy (non-hydrogen) atoms. The van der Waals surface area contributed by atoms with Gasteiger partial charge in [0.15, 0.2) is 6.61 Å². The standard InChI is InChI=1S/C37H35BN6O10/c45-21-8-10-22(11-9-21)53-28-6-1-3-19-16-40-37(43-33(19)28)41-20-7-12-23-25(15-20)38(51)54-29(23)17-39-31(47)18-52-27-5-2-4-24-32(27)36(50)44(35(24)49)26-13-14-30(46)42-34(26)48/h1-7,12,15-16,21-22,26,29,45,51H,8-11,13-14,17-18H2,(H,39,47)(H,40,41,43)(H,42,46,48). The van der Waals surface area contributed by atoms with E-state index in [-0.39, 0.29) is 48.5 Å². The molecule has 1 aliphatic carbocycles. The number of para-hydroxylation sites is 1. The summed E-state index contributed by atoms with van der Waals surface area (Å²) < 4.78 is 17.7. The van der Waals surface area contributed by atoms with Crippen LogP contribution >= 0.6 is 0 Å². The zero-order valence-corrected chi connectivity index (χ0v) is 28.8.